The molecule has 0 saturated carbocycles. The number of guanidine groups is 1. The highest BCUT2D eigenvalue weighted by Crippen LogP contribution is 2.04. The molecule has 3 amide bonds. The van der Waals surface area contributed by atoms with E-state index in [1.165, 1.54) is 0 Å². The lowest BCUT2D eigenvalue weighted by Crippen LogP contribution is -2.58. The van der Waals surface area contributed by atoms with Gasteiger partial charge in [0, 0.05) is 6.54 Å². The molecular weight excluding hydrogens is 442 g/mol. The highest BCUT2D eigenvalue weighted by molar-refractivity contribution is 5.95. The van der Waals surface area contributed by atoms with Crippen molar-refractivity contribution < 1.29 is 39.3 Å². The molecule has 0 aliphatic carbocycles. The van der Waals surface area contributed by atoms with E-state index >= 15 is 0 Å². The number of carbonyl (C=O) groups excluding carboxylic acids is 3. The summed E-state index contributed by atoms with van der Waals surface area (Å²) in [4.78, 5) is 63.5. The van der Waals surface area contributed by atoms with Gasteiger partial charge in [-0.3, -0.25) is 24.2 Å². The minimum Gasteiger partial charge on any atom is -0.481 e. The van der Waals surface area contributed by atoms with E-state index in [1.54, 1.807) is 13.8 Å². The Labute approximate surface area is 190 Å². The van der Waals surface area contributed by atoms with Crippen molar-refractivity contribution in [2.45, 2.75) is 57.3 Å². The van der Waals surface area contributed by atoms with Crippen LogP contribution in [0.1, 0.15) is 33.1 Å². The van der Waals surface area contributed by atoms with Crippen molar-refractivity contribution in [1.82, 2.24) is 16.0 Å². The van der Waals surface area contributed by atoms with Crippen molar-refractivity contribution in [3.8, 4) is 0 Å². The molecule has 0 aromatic heterocycles. The highest BCUT2D eigenvalue weighted by Gasteiger charge is 2.31. The number of aliphatic hydroxyl groups is 1. The summed E-state index contributed by atoms with van der Waals surface area (Å²) in [5, 5.41) is 33.8. The fourth-order valence-corrected chi connectivity index (χ4v) is 2.46. The molecule has 0 aromatic rings. The van der Waals surface area contributed by atoms with Crippen molar-refractivity contribution >= 4 is 35.6 Å². The lowest BCUT2D eigenvalue weighted by Gasteiger charge is -2.25. The van der Waals surface area contributed by atoms with Crippen LogP contribution in [-0.4, -0.2) is 88.3 Å². The van der Waals surface area contributed by atoms with Crippen molar-refractivity contribution in [3.63, 3.8) is 0 Å². The second kappa shape index (κ2) is 14.6. The van der Waals surface area contributed by atoms with Gasteiger partial charge in [0.25, 0.3) is 0 Å². The molecule has 4 unspecified atom stereocenters. The van der Waals surface area contributed by atoms with E-state index in [4.69, 9.17) is 32.5 Å². The first-order valence-corrected chi connectivity index (χ1v) is 10.1. The number of nitrogens with zero attached hydrogens (tertiary/aromatic N) is 1. The number of aliphatic carboxylic acids is 2. The zero-order chi connectivity index (χ0) is 25.7. The molecule has 0 fully saturated rings. The SMILES string of the molecule is CC(C)C(N)C(=O)NC(CC(=O)O)C(=O)NC(CCCN=C(N)N)C(=O)NC(CO)C(=O)O. The molecule has 0 aliphatic heterocycles. The van der Waals surface area contributed by atoms with Crippen LogP contribution in [0.5, 0.6) is 0 Å². The smallest absolute Gasteiger partial charge is 0.328 e. The predicted octanol–water partition coefficient (Wildman–Crippen LogP) is -3.97. The van der Waals surface area contributed by atoms with Crippen LogP contribution < -0.4 is 33.2 Å². The second-order valence-electron chi connectivity index (χ2n) is 7.52. The molecule has 4 atom stereocenters. The number of aliphatic hydroxyl groups excluding tert-OH is 1. The van der Waals surface area contributed by atoms with Crippen molar-refractivity contribution in [3.05, 3.63) is 0 Å². The number of nitrogens with one attached hydrogen (secondary N) is 3. The van der Waals surface area contributed by atoms with Gasteiger partial charge in [-0.15, -0.1) is 0 Å². The number of amides is 3. The zero-order valence-electron chi connectivity index (χ0n) is 18.5. The number of hydrogen-bond acceptors (Lipinski definition) is 8. The Bertz CT molecular complexity index is 739. The molecule has 33 heavy (non-hydrogen) atoms. The van der Waals surface area contributed by atoms with Gasteiger partial charge < -0.3 is 48.5 Å². The Balaban J connectivity index is 5.55. The normalized spacial score (nSPS) is 14.3. The fourth-order valence-electron chi connectivity index (χ4n) is 2.46. The average molecular weight is 476 g/mol. The third kappa shape index (κ3) is 11.6. The van der Waals surface area contributed by atoms with Crippen molar-refractivity contribution in [2.24, 2.45) is 28.1 Å². The highest BCUT2D eigenvalue weighted by atomic mass is 16.4. The van der Waals surface area contributed by atoms with Gasteiger partial charge in [-0.25, -0.2) is 4.79 Å². The standard InChI is InChI=1S/C18H33N7O8/c1-8(2)13(19)16(31)24-10(6-12(27)28)15(30)23-9(4-3-5-22-18(20)21)14(29)25-11(7-26)17(32)33/h8-11,13,26H,3-7,19H2,1-2H3,(H,23,30)(H,24,31)(H,25,29)(H,27,28)(H,32,33)(H4,20,21,22). The summed E-state index contributed by atoms with van der Waals surface area (Å²) in [6.45, 7) is 2.50. The molecule has 0 rings (SSSR count). The average Bonchev–Trinajstić information content (AvgIpc) is 2.71. The maximum atomic E-state index is 12.7. The Morgan fingerprint density at radius 1 is 0.879 bits per heavy atom. The summed E-state index contributed by atoms with van der Waals surface area (Å²) >= 11 is 0. The Morgan fingerprint density at radius 2 is 1.39 bits per heavy atom. The van der Waals surface area contributed by atoms with Crippen LogP contribution in [0.3, 0.4) is 0 Å². The number of nitrogens with two attached hydrogens (primary N) is 3. The number of carboxylic acid groups (broad SMARTS) is 2. The predicted molar refractivity (Wildman–Crippen MR) is 115 cm³/mol. The van der Waals surface area contributed by atoms with Gasteiger partial charge in [-0.1, -0.05) is 13.8 Å². The Morgan fingerprint density at radius 3 is 1.85 bits per heavy atom. The van der Waals surface area contributed by atoms with E-state index in [-0.39, 0.29) is 31.3 Å². The van der Waals surface area contributed by atoms with Gasteiger partial charge in [-0.05, 0) is 18.8 Å². The molecule has 188 valence electrons. The number of carbonyl (C=O) groups is 5. The quantitative estimate of drug-likeness (QED) is 0.0625. The summed E-state index contributed by atoms with van der Waals surface area (Å²) in [6, 6.07) is -5.53. The van der Waals surface area contributed by atoms with E-state index in [0.717, 1.165) is 0 Å². The van der Waals surface area contributed by atoms with Gasteiger partial charge in [0.1, 0.15) is 18.1 Å². The topological polar surface area (TPSA) is 273 Å². The van der Waals surface area contributed by atoms with E-state index in [0.29, 0.717) is 0 Å². The fraction of sp³-hybridized carbons (Fsp3) is 0.667. The lowest BCUT2D eigenvalue weighted by molar-refractivity contribution is -0.144. The Hall–Kier alpha value is -3.46. The van der Waals surface area contributed by atoms with E-state index in [2.05, 4.69) is 20.9 Å². The van der Waals surface area contributed by atoms with Crippen LogP contribution in [0.25, 0.3) is 0 Å². The Kier molecular flexibility index (Phi) is 13.0. The maximum absolute atomic E-state index is 12.7. The minimum absolute atomic E-state index is 0.0641. The lowest BCUT2D eigenvalue weighted by atomic mass is 10.0. The molecule has 0 aliphatic rings. The molecule has 0 saturated heterocycles. The summed E-state index contributed by atoms with van der Waals surface area (Å²) in [5.74, 6) is -6.10. The number of rotatable bonds is 15. The number of hydrogen-bond donors (Lipinski definition) is 9. The molecule has 12 N–H and O–H groups in total. The molecule has 0 spiro atoms. The molecule has 0 heterocycles. The van der Waals surface area contributed by atoms with Gasteiger partial charge >= 0.3 is 11.9 Å². The molecule has 0 radical (unpaired) electrons. The van der Waals surface area contributed by atoms with E-state index in [1.807, 2.05) is 0 Å². The van der Waals surface area contributed by atoms with E-state index < -0.39 is 66.9 Å². The molecule has 0 bridgehead atoms. The summed E-state index contributed by atoms with van der Waals surface area (Å²) in [7, 11) is 0. The molecule has 0 aromatic carbocycles. The number of aliphatic imine (C=N–C) groups is 1. The van der Waals surface area contributed by atoms with Crippen molar-refractivity contribution in [1.29, 1.82) is 0 Å². The first-order chi connectivity index (χ1) is 15.3. The van der Waals surface area contributed by atoms with Crippen LogP contribution in [0, 0.1) is 5.92 Å². The van der Waals surface area contributed by atoms with Gasteiger partial charge in [0.15, 0.2) is 5.96 Å². The second-order valence-corrected chi connectivity index (χ2v) is 7.52. The zero-order valence-corrected chi connectivity index (χ0v) is 18.5. The van der Waals surface area contributed by atoms with Crippen LogP contribution in [-0.2, 0) is 24.0 Å². The first-order valence-electron chi connectivity index (χ1n) is 10.1. The van der Waals surface area contributed by atoms with E-state index in [9.17, 15) is 24.0 Å². The van der Waals surface area contributed by atoms with Crippen molar-refractivity contribution in [2.75, 3.05) is 13.2 Å². The monoisotopic (exact) mass is 475 g/mol. The number of carboxylic acids is 2. The van der Waals surface area contributed by atoms with Crippen LogP contribution in [0.15, 0.2) is 4.99 Å². The molecule has 15 heteroatoms. The van der Waals surface area contributed by atoms with Gasteiger partial charge in [0.2, 0.25) is 17.7 Å². The first kappa shape index (κ1) is 29.5. The van der Waals surface area contributed by atoms with Crippen LogP contribution in [0.4, 0.5) is 0 Å². The van der Waals surface area contributed by atoms with Gasteiger partial charge in [0.05, 0.1) is 19.1 Å². The molecule has 15 nitrogen and oxygen atoms in total. The molecular formula is C18H33N7O8. The minimum atomic E-state index is -1.63. The third-order valence-corrected chi connectivity index (χ3v) is 4.41. The maximum Gasteiger partial charge on any atom is 0.328 e. The largest absolute Gasteiger partial charge is 0.481 e. The summed E-state index contributed by atoms with van der Waals surface area (Å²) in [5.41, 5.74) is 16.2. The van der Waals surface area contributed by atoms with Crippen LogP contribution in [0.2, 0.25) is 0 Å². The van der Waals surface area contributed by atoms with Crippen LogP contribution >= 0.6 is 0 Å². The summed E-state index contributed by atoms with van der Waals surface area (Å²) in [6.07, 6.45) is -0.675. The third-order valence-electron chi connectivity index (χ3n) is 4.41. The van der Waals surface area contributed by atoms with Gasteiger partial charge in [-0.2, -0.15) is 0 Å². The summed E-state index contributed by atoms with van der Waals surface area (Å²) < 4.78 is 0.